The number of aromatic nitrogens is 2. The number of nitrogens with zero attached hydrogens (tertiary/aromatic N) is 4. The molecule has 11 heteroatoms. The van der Waals surface area contributed by atoms with E-state index in [1.807, 2.05) is 36.5 Å². The van der Waals surface area contributed by atoms with Crippen molar-refractivity contribution in [2.45, 2.75) is 51.4 Å². The van der Waals surface area contributed by atoms with Gasteiger partial charge in [-0.15, -0.1) is 12.0 Å². The smallest absolute Gasteiger partial charge is 0.383 e. The summed E-state index contributed by atoms with van der Waals surface area (Å²) in [6, 6.07) is 15.0. The van der Waals surface area contributed by atoms with Gasteiger partial charge < -0.3 is 16.1 Å². The van der Waals surface area contributed by atoms with Gasteiger partial charge in [-0.3, -0.25) is 15.0 Å². The lowest BCUT2D eigenvalue weighted by Gasteiger charge is -2.29. The van der Waals surface area contributed by atoms with Crippen molar-refractivity contribution in [2.24, 2.45) is 5.41 Å². The molecule has 3 heterocycles. The highest BCUT2D eigenvalue weighted by molar-refractivity contribution is 5.99. The maximum atomic E-state index is 13.7. The van der Waals surface area contributed by atoms with Gasteiger partial charge in [0.05, 0.1) is 50.5 Å². The summed E-state index contributed by atoms with van der Waals surface area (Å²) in [5, 5.41) is 20.1. The second-order valence-electron chi connectivity index (χ2n) is 12.1. The van der Waals surface area contributed by atoms with Crippen LogP contribution >= 0.6 is 0 Å². The third kappa shape index (κ3) is 5.20. The minimum atomic E-state index is -4.44. The van der Waals surface area contributed by atoms with E-state index in [9.17, 15) is 18.4 Å². The first-order chi connectivity index (χ1) is 20.9. The maximum Gasteiger partial charge on any atom is 0.395 e. The Labute approximate surface area is 253 Å². The average Bonchev–Trinajstić information content (AvgIpc) is 3.55. The summed E-state index contributed by atoms with van der Waals surface area (Å²) in [6.45, 7) is 4.00. The Balaban J connectivity index is 1.47. The summed E-state index contributed by atoms with van der Waals surface area (Å²) in [7, 11) is 0. The van der Waals surface area contributed by atoms with Crippen molar-refractivity contribution in [3.63, 3.8) is 0 Å². The number of halogens is 3. The number of alkyl halides is 3. The van der Waals surface area contributed by atoms with Gasteiger partial charge in [-0.05, 0) is 63.4 Å². The molecule has 44 heavy (non-hydrogen) atoms. The summed E-state index contributed by atoms with van der Waals surface area (Å²) >= 11 is 0. The predicted octanol–water partition coefficient (Wildman–Crippen LogP) is 6.51. The van der Waals surface area contributed by atoms with E-state index in [1.54, 1.807) is 18.3 Å². The van der Waals surface area contributed by atoms with Gasteiger partial charge in [-0.25, -0.2) is 0 Å². The van der Waals surface area contributed by atoms with Gasteiger partial charge in [0.2, 0.25) is 0 Å². The molecule has 0 radical (unpaired) electrons. The molecule has 0 spiro atoms. The zero-order chi connectivity index (χ0) is 31.3. The van der Waals surface area contributed by atoms with E-state index in [-0.39, 0.29) is 11.1 Å². The Morgan fingerprint density at radius 3 is 2.61 bits per heavy atom. The van der Waals surface area contributed by atoms with Crippen LogP contribution in [0.1, 0.15) is 56.3 Å². The van der Waals surface area contributed by atoms with Crippen molar-refractivity contribution in [1.29, 1.82) is 5.26 Å². The van der Waals surface area contributed by atoms with Crippen LogP contribution in [0.5, 0.6) is 0 Å². The molecule has 1 atom stereocenters. The molecular formula is C33H31F3N8. The first-order valence-electron chi connectivity index (χ1n) is 14.2. The number of nitriles is 1. The van der Waals surface area contributed by atoms with Crippen molar-refractivity contribution in [3.8, 4) is 18.4 Å². The fourth-order valence-corrected chi connectivity index (χ4v) is 5.24. The Kier molecular flexibility index (Phi) is 7.02. The lowest BCUT2D eigenvalue weighted by atomic mass is 9.92. The van der Waals surface area contributed by atoms with Gasteiger partial charge in [0.25, 0.3) is 0 Å². The van der Waals surface area contributed by atoms with Crippen LogP contribution < -0.4 is 21.6 Å². The van der Waals surface area contributed by atoms with Crippen LogP contribution in [-0.4, -0.2) is 33.2 Å². The van der Waals surface area contributed by atoms with E-state index in [2.05, 4.69) is 55.5 Å². The molecule has 224 valence electrons. The fourth-order valence-electron chi connectivity index (χ4n) is 5.24. The lowest BCUT2D eigenvalue weighted by molar-refractivity contribution is -0.206. The highest BCUT2D eigenvalue weighted by Gasteiger charge is 2.47. The standard InChI is InChI=1S/C33H31F3N8/c1-5-20-17-39-29-21(16-37)14-22(15-25(29)28(20)40-19-31(2,3)33(34,35)36)41-30(27-18-44(43-42-27)32(4)11-12-32)24-8-6-10-26-23(24)9-7-13-38-26/h1,6-10,13-15,17-18,30,41-43H,11-12,19H2,2-4H3,(H,39,40)/t30-/m0/s1. The normalized spacial score (nSPS) is 16.5. The molecule has 1 aliphatic heterocycles. The Bertz CT molecular complexity index is 1870. The van der Waals surface area contributed by atoms with Crippen LogP contribution in [0.15, 0.2) is 66.8 Å². The molecule has 2 aromatic carbocycles. The number of hydrazine groups is 2. The van der Waals surface area contributed by atoms with Crippen molar-refractivity contribution in [3.05, 3.63) is 83.4 Å². The first-order valence-corrected chi connectivity index (χ1v) is 14.2. The number of rotatable bonds is 8. The molecule has 4 N–H and O–H groups in total. The van der Waals surface area contributed by atoms with Crippen molar-refractivity contribution >= 4 is 33.2 Å². The van der Waals surface area contributed by atoms with Crippen LogP contribution in [-0.2, 0) is 0 Å². The summed E-state index contributed by atoms with van der Waals surface area (Å²) in [5.74, 6) is 2.53. The van der Waals surface area contributed by atoms with Gasteiger partial charge in [0.15, 0.2) is 0 Å². The lowest BCUT2D eigenvalue weighted by Crippen LogP contribution is -2.43. The van der Waals surface area contributed by atoms with E-state index in [0.717, 1.165) is 48.9 Å². The molecular weight excluding hydrogens is 565 g/mol. The Morgan fingerprint density at radius 1 is 1.11 bits per heavy atom. The number of anilines is 2. The minimum absolute atomic E-state index is 0.0125. The second kappa shape index (κ2) is 10.6. The monoisotopic (exact) mass is 596 g/mol. The van der Waals surface area contributed by atoms with Crippen molar-refractivity contribution in [2.75, 3.05) is 17.2 Å². The summed E-state index contributed by atoms with van der Waals surface area (Å²) in [6.07, 6.45) is 8.61. The van der Waals surface area contributed by atoms with Gasteiger partial charge in [0, 0.05) is 41.6 Å². The average molecular weight is 597 g/mol. The molecule has 0 amide bonds. The van der Waals surface area contributed by atoms with Crippen LogP contribution in [0, 0.1) is 29.1 Å². The number of benzene rings is 2. The molecule has 0 bridgehead atoms. The highest BCUT2D eigenvalue weighted by atomic mass is 19.4. The van der Waals surface area contributed by atoms with E-state index >= 15 is 0 Å². The zero-order valence-corrected chi connectivity index (χ0v) is 24.5. The van der Waals surface area contributed by atoms with Crippen LogP contribution in [0.25, 0.3) is 21.8 Å². The van der Waals surface area contributed by atoms with Gasteiger partial charge in [0.1, 0.15) is 6.07 Å². The molecule has 4 aromatic rings. The van der Waals surface area contributed by atoms with Crippen LogP contribution in [0.4, 0.5) is 24.5 Å². The molecule has 1 aliphatic carbocycles. The molecule has 2 aromatic heterocycles. The number of terminal acetylenes is 1. The molecule has 8 nitrogen and oxygen atoms in total. The maximum absolute atomic E-state index is 13.7. The topological polar surface area (TPSA) is 101 Å². The van der Waals surface area contributed by atoms with E-state index < -0.39 is 24.2 Å². The Hall–Kier alpha value is -5.00. The third-order valence-corrected chi connectivity index (χ3v) is 8.48. The zero-order valence-electron chi connectivity index (χ0n) is 24.5. The third-order valence-electron chi connectivity index (χ3n) is 8.48. The van der Waals surface area contributed by atoms with Crippen molar-refractivity contribution in [1.82, 2.24) is 25.9 Å². The molecule has 1 saturated carbocycles. The number of hydrogen-bond donors (Lipinski definition) is 4. The quantitative estimate of drug-likeness (QED) is 0.171. The number of fused-ring (bicyclic) bond motifs is 2. The number of hydrogen-bond acceptors (Lipinski definition) is 8. The largest absolute Gasteiger partial charge is 0.395 e. The SMILES string of the molecule is C#Cc1cnc2c(C#N)cc(N[C@H](C3=CN(C4(C)CC4)NN3)c3cccc4ncccc34)cc2c1NCC(C)(C)C(F)(F)F. The predicted molar refractivity (Wildman–Crippen MR) is 165 cm³/mol. The minimum Gasteiger partial charge on any atom is -0.383 e. The molecule has 1 fully saturated rings. The highest BCUT2D eigenvalue weighted by Crippen LogP contribution is 2.43. The van der Waals surface area contributed by atoms with Gasteiger partial charge in [-0.1, -0.05) is 24.1 Å². The van der Waals surface area contributed by atoms with Crippen LogP contribution in [0.3, 0.4) is 0 Å². The Morgan fingerprint density at radius 2 is 1.91 bits per heavy atom. The first kappa shape index (κ1) is 29.1. The summed E-state index contributed by atoms with van der Waals surface area (Å²) in [4.78, 5) is 8.94. The number of pyridine rings is 2. The van der Waals surface area contributed by atoms with E-state index in [1.165, 1.54) is 6.20 Å². The second-order valence-corrected chi connectivity index (χ2v) is 12.1. The van der Waals surface area contributed by atoms with Gasteiger partial charge >= 0.3 is 6.18 Å². The van der Waals surface area contributed by atoms with Gasteiger partial charge in [-0.2, -0.15) is 18.4 Å². The molecule has 6 rings (SSSR count). The summed E-state index contributed by atoms with van der Waals surface area (Å²) in [5.41, 5.74) is 8.93. The molecule has 0 saturated heterocycles. The molecule has 2 aliphatic rings. The van der Waals surface area contributed by atoms with Crippen molar-refractivity contribution < 1.29 is 13.2 Å². The fraction of sp³-hybridized carbons (Fsp3) is 0.303. The number of nitrogens with one attached hydrogen (secondary N) is 4. The molecule has 0 unspecified atom stereocenters. The van der Waals surface area contributed by atoms with Crippen LogP contribution in [0.2, 0.25) is 0 Å². The summed E-state index contributed by atoms with van der Waals surface area (Å²) < 4.78 is 41.1. The van der Waals surface area contributed by atoms with E-state index in [0.29, 0.717) is 27.8 Å². The van der Waals surface area contributed by atoms with E-state index in [4.69, 9.17) is 6.42 Å².